The summed E-state index contributed by atoms with van der Waals surface area (Å²) in [5, 5.41) is 0. The van der Waals surface area contributed by atoms with Crippen LogP contribution in [0.4, 0.5) is 4.39 Å². The summed E-state index contributed by atoms with van der Waals surface area (Å²) in [6, 6.07) is 8.57. The first-order valence-corrected chi connectivity index (χ1v) is 15.0. The van der Waals surface area contributed by atoms with E-state index in [2.05, 4.69) is 21.3 Å². The number of imidazole rings is 1. The Kier molecular flexibility index (Phi) is 6.29. The second kappa shape index (κ2) is 9.72. The first-order valence-electron chi connectivity index (χ1n) is 15.0. The molecule has 7 rings (SSSR count). The fourth-order valence-electron chi connectivity index (χ4n) is 8.26. The van der Waals surface area contributed by atoms with Crippen LogP contribution >= 0.6 is 0 Å². The predicted octanol–water partition coefficient (Wildman–Crippen LogP) is 4.06. The monoisotopic (exact) mass is 533 g/mol. The van der Waals surface area contributed by atoms with Gasteiger partial charge in [0.15, 0.2) is 0 Å². The lowest BCUT2D eigenvalue weighted by atomic mass is 9.87. The van der Waals surface area contributed by atoms with E-state index in [9.17, 15) is 14.0 Å². The van der Waals surface area contributed by atoms with Crippen LogP contribution in [0, 0.1) is 24.6 Å². The van der Waals surface area contributed by atoms with Crippen molar-refractivity contribution in [3.05, 3.63) is 52.9 Å². The zero-order valence-corrected chi connectivity index (χ0v) is 23.2. The van der Waals surface area contributed by atoms with Gasteiger partial charge in [-0.3, -0.25) is 14.5 Å². The average molecular weight is 534 g/mol. The van der Waals surface area contributed by atoms with Gasteiger partial charge in [-0.2, -0.15) is 0 Å². The second-order valence-electron chi connectivity index (χ2n) is 12.8. The quantitative estimate of drug-likeness (QED) is 0.582. The molecule has 2 bridgehead atoms. The SMILES string of the molecule is CC(=O)N1CCc2c(nc(C)n2C2C[C@H]3CC[C@@H](C2)N3C[C@H]2CN(C(=O)C3CC3)C[C@@H]2c2cccc(F)c2)C1. The second-order valence-corrected chi connectivity index (χ2v) is 12.8. The maximum absolute atomic E-state index is 14.2. The molecule has 4 fully saturated rings. The summed E-state index contributed by atoms with van der Waals surface area (Å²) in [5.74, 6) is 2.06. The number of aromatic nitrogens is 2. The zero-order valence-electron chi connectivity index (χ0n) is 23.2. The van der Waals surface area contributed by atoms with Crippen LogP contribution in [0.25, 0.3) is 0 Å². The van der Waals surface area contributed by atoms with E-state index < -0.39 is 0 Å². The predicted molar refractivity (Wildman–Crippen MR) is 145 cm³/mol. The molecule has 1 saturated carbocycles. The van der Waals surface area contributed by atoms with Gasteiger partial charge < -0.3 is 14.4 Å². The number of piperidine rings is 1. The first-order chi connectivity index (χ1) is 18.9. The van der Waals surface area contributed by atoms with Crippen LogP contribution in [0.15, 0.2) is 24.3 Å². The Labute approximate surface area is 230 Å². The number of carbonyl (C=O) groups is 2. The molecule has 0 spiro atoms. The van der Waals surface area contributed by atoms with Crippen molar-refractivity contribution in [2.24, 2.45) is 11.8 Å². The number of carbonyl (C=O) groups excluding carboxylic acids is 2. The third kappa shape index (κ3) is 4.58. The molecule has 7 nitrogen and oxygen atoms in total. The van der Waals surface area contributed by atoms with E-state index in [1.807, 2.05) is 17.0 Å². The van der Waals surface area contributed by atoms with E-state index >= 15 is 0 Å². The van der Waals surface area contributed by atoms with Gasteiger partial charge in [-0.05, 0) is 69.1 Å². The number of halogens is 1. The molecule has 2 amide bonds. The number of likely N-dealkylation sites (tertiary alicyclic amines) is 1. The van der Waals surface area contributed by atoms with Crippen molar-refractivity contribution in [1.82, 2.24) is 24.3 Å². The van der Waals surface area contributed by atoms with Crippen molar-refractivity contribution in [1.29, 1.82) is 0 Å². The fourth-order valence-corrected chi connectivity index (χ4v) is 8.26. The third-order valence-electron chi connectivity index (χ3n) is 10.3. The van der Waals surface area contributed by atoms with Gasteiger partial charge in [0.05, 0.1) is 12.2 Å². The Morgan fingerprint density at radius 1 is 1.03 bits per heavy atom. The zero-order chi connectivity index (χ0) is 26.8. The lowest BCUT2D eigenvalue weighted by Gasteiger charge is -2.42. The molecule has 1 unspecified atom stereocenters. The normalized spacial score (nSPS) is 30.6. The molecule has 1 aromatic carbocycles. The van der Waals surface area contributed by atoms with Gasteiger partial charge in [0, 0.05) is 75.2 Å². The summed E-state index contributed by atoms with van der Waals surface area (Å²) < 4.78 is 16.7. The summed E-state index contributed by atoms with van der Waals surface area (Å²) >= 11 is 0. The minimum absolute atomic E-state index is 0.125. The number of nitrogens with zero attached hydrogens (tertiary/aromatic N) is 5. The first kappa shape index (κ1) is 25.2. The van der Waals surface area contributed by atoms with E-state index in [0.717, 1.165) is 68.8 Å². The molecular weight excluding hydrogens is 493 g/mol. The molecule has 8 heteroatoms. The van der Waals surface area contributed by atoms with Crippen molar-refractivity contribution in [2.45, 2.75) is 89.4 Å². The number of amides is 2. The number of hydrogen-bond donors (Lipinski definition) is 0. The molecule has 39 heavy (non-hydrogen) atoms. The molecule has 0 N–H and O–H groups in total. The van der Waals surface area contributed by atoms with Gasteiger partial charge in [0.2, 0.25) is 11.8 Å². The number of benzene rings is 1. The summed E-state index contributed by atoms with van der Waals surface area (Å²) in [5.41, 5.74) is 3.45. The number of hydrogen-bond acceptors (Lipinski definition) is 4. The fraction of sp³-hybridized carbons (Fsp3) is 0.645. The minimum atomic E-state index is -0.190. The van der Waals surface area contributed by atoms with E-state index in [4.69, 9.17) is 4.98 Å². The average Bonchev–Trinajstić information content (AvgIpc) is 3.54. The molecule has 1 aliphatic carbocycles. The van der Waals surface area contributed by atoms with Gasteiger partial charge in [0.25, 0.3) is 0 Å². The highest BCUT2D eigenvalue weighted by Crippen LogP contribution is 2.45. The maximum Gasteiger partial charge on any atom is 0.225 e. The van der Waals surface area contributed by atoms with Crippen molar-refractivity contribution >= 4 is 11.8 Å². The third-order valence-corrected chi connectivity index (χ3v) is 10.3. The van der Waals surface area contributed by atoms with Gasteiger partial charge in [-0.15, -0.1) is 0 Å². The lowest BCUT2D eigenvalue weighted by molar-refractivity contribution is -0.131. The van der Waals surface area contributed by atoms with Crippen LogP contribution in [-0.4, -0.2) is 74.3 Å². The highest BCUT2D eigenvalue weighted by molar-refractivity contribution is 5.81. The molecule has 1 aromatic heterocycles. The van der Waals surface area contributed by atoms with Crippen molar-refractivity contribution in [2.75, 3.05) is 26.2 Å². The van der Waals surface area contributed by atoms with Crippen LogP contribution in [0.1, 0.15) is 80.2 Å². The van der Waals surface area contributed by atoms with E-state index in [1.54, 1.807) is 13.0 Å². The standard InChI is InChI=1S/C31H40FN5O2/c1-19-33-29-18-34(20(2)38)11-10-30(29)37(19)27-13-25-8-9-26(14-27)36(25)16-23-15-35(31(39)21-6-7-21)17-28(23)22-4-3-5-24(32)12-22/h3-5,12,21,23,25-28H,6-11,13-18H2,1-2H3/t23-,25-,26+,27?,28-/m1/s1. The van der Waals surface area contributed by atoms with Gasteiger partial charge >= 0.3 is 0 Å². The lowest BCUT2D eigenvalue weighted by Crippen LogP contribution is -2.47. The largest absolute Gasteiger partial charge is 0.341 e. The molecule has 5 atom stereocenters. The number of fused-ring (bicyclic) bond motifs is 3. The van der Waals surface area contributed by atoms with E-state index in [1.165, 1.54) is 24.6 Å². The molecule has 5 aliphatic rings. The maximum atomic E-state index is 14.2. The Balaban J connectivity index is 1.09. The Morgan fingerprint density at radius 3 is 2.49 bits per heavy atom. The summed E-state index contributed by atoms with van der Waals surface area (Å²) in [6.45, 7) is 7.66. The molecule has 5 heterocycles. The molecule has 3 saturated heterocycles. The topological polar surface area (TPSA) is 61.7 Å². The van der Waals surface area contributed by atoms with Gasteiger partial charge in [0.1, 0.15) is 11.6 Å². The van der Waals surface area contributed by atoms with Crippen LogP contribution in [0.3, 0.4) is 0 Å². The van der Waals surface area contributed by atoms with E-state index in [0.29, 0.717) is 43.0 Å². The summed E-state index contributed by atoms with van der Waals surface area (Å²) in [4.78, 5) is 36.6. The van der Waals surface area contributed by atoms with E-state index in [-0.39, 0.29) is 23.6 Å². The van der Waals surface area contributed by atoms with Crippen LogP contribution in [0.2, 0.25) is 0 Å². The molecule has 0 radical (unpaired) electrons. The van der Waals surface area contributed by atoms with Gasteiger partial charge in [-0.25, -0.2) is 9.37 Å². The molecule has 2 aromatic rings. The van der Waals surface area contributed by atoms with Crippen LogP contribution < -0.4 is 0 Å². The van der Waals surface area contributed by atoms with Gasteiger partial charge in [-0.1, -0.05) is 12.1 Å². The van der Waals surface area contributed by atoms with Crippen molar-refractivity contribution in [3.8, 4) is 0 Å². The highest BCUT2D eigenvalue weighted by atomic mass is 19.1. The molecular formula is C31H40FN5O2. The number of aryl methyl sites for hydroxylation is 1. The minimum Gasteiger partial charge on any atom is -0.341 e. The Bertz CT molecular complexity index is 1270. The van der Waals surface area contributed by atoms with Crippen LogP contribution in [-0.2, 0) is 22.6 Å². The Morgan fingerprint density at radius 2 is 1.79 bits per heavy atom. The highest BCUT2D eigenvalue weighted by Gasteiger charge is 2.47. The Hall–Kier alpha value is -2.74. The molecule has 4 aliphatic heterocycles. The van der Waals surface area contributed by atoms with Crippen LogP contribution in [0.5, 0.6) is 0 Å². The van der Waals surface area contributed by atoms with Crippen molar-refractivity contribution in [3.63, 3.8) is 0 Å². The summed E-state index contributed by atoms with van der Waals surface area (Å²) in [6.07, 6.45) is 7.61. The summed E-state index contributed by atoms with van der Waals surface area (Å²) in [7, 11) is 0. The number of rotatable bonds is 5. The smallest absolute Gasteiger partial charge is 0.225 e. The molecule has 208 valence electrons. The van der Waals surface area contributed by atoms with Crippen molar-refractivity contribution < 1.29 is 14.0 Å².